The van der Waals surface area contributed by atoms with Gasteiger partial charge in [0.1, 0.15) is 5.82 Å². The van der Waals surface area contributed by atoms with Crippen LogP contribution in [0, 0.1) is 11.7 Å². The molecule has 0 spiro atoms. The lowest BCUT2D eigenvalue weighted by Crippen LogP contribution is -2.43. The van der Waals surface area contributed by atoms with Crippen molar-refractivity contribution in [2.75, 3.05) is 6.54 Å². The smallest absolute Gasteiger partial charge is 0.254 e. The van der Waals surface area contributed by atoms with Gasteiger partial charge in [-0.3, -0.25) is 4.79 Å². The number of nitrogens with one attached hydrogen (secondary N) is 1. The third-order valence-electron chi connectivity index (χ3n) is 2.55. The summed E-state index contributed by atoms with van der Waals surface area (Å²) in [6.07, 6.45) is 0. The van der Waals surface area contributed by atoms with Gasteiger partial charge in [-0.2, -0.15) is 0 Å². The number of hydrogen-bond acceptors (Lipinski definition) is 2. The standard InChI is InChI=1S/C12H16ClFN2O/c1-7(2)11(6-15)16-12(17)9-4-3-8(13)5-10(9)14/h3-5,7,11H,6,15H2,1-2H3,(H,16,17). The highest BCUT2D eigenvalue weighted by atomic mass is 35.5. The predicted molar refractivity (Wildman–Crippen MR) is 66.6 cm³/mol. The van der Waals surface area contributed by atoms with Gasteiger partial charge in [0.05, 0.1) is 5.56 Å². The highest BCUT2D eigenvalue weighted by molar-refractivity contribution is 6.30. The second kappa shape index (κ2) is 5.98. The Morgan fingerprint density at radius 2 is 2.18 bits per heavy atom. The molecule has 0 heterocycles. The molecule has 0 fully saturated rings. The number of rotatable bonds is 4. The molecule has 0 saturated carbocycles. The average Bonchev–Trinajstić information content (AvgIpc) is 2.24. The molecule has 1 rings (SSSR count). The topological polar surface area (TPSA) is 55.1 Å². The van der Waals surface area contributed by atoms with Crippen molar-refractivity contribution in [3.8, 4) is 0 Å². The molecule has 1 amide bonds. The molecule has 0 saturated heterocycles. The SMILES string of the molecule is CC(C)C(CN)NC(=O)c1ccc(Cl)cc1F. The van der Waals surface area contributed by atoms with E-state index in [0.29, 0.717) is 6.54 Å². The van der Waals surface area contributed by atoms with Crippen molar-refractivity contribution in [2.45, 2.75) is 19.9 Å². The molecule has 1 aromatic rings. The summed E-state index contributed by atoms with van der Waals surface area (Å²) in [5.74, 6) is -0.905. The molecule has 0 radical (unpaired) electrons. The van der Waals surface area contributed by atoms with Crippen LogP contribution in [-0.2, 0) is 0 Å². The third-order valence-corrected chi connectivity index (χ3v) is 2.79. The van der Waals surface area contributed by atoms with Gasteiger partial charge in [-0.1, -0.05) is 25.4 Å². The first-order valence-electron chi connectivity index (χ1n) is 5.41. The first-order valence-corrected chi connectivity index (χ1v) is 5.79. The molecule has 3 N–H and O–H groups in total. The summed E-state index contributed by atoms with van der Waals surface area (Å²) in [6.45, 7) is 4.20. The lowest BCUT2D eigenvalue weighted by Gasteiger charge is -2.20. The van der Waals surface area contributed by atoms with Crippen molar-refractivity contribution in [3.63, 3.8) is 0 Å². The molecule has 1 aromatic carbocycles. The van der Waals surface area contributed by atoms with Crippen LogP contribution in [0.15, 0.2) is 18.2 Å². The molecule has 1 unspecified atom stereocenters. The van der Waals surface area contributed by atoms with E-state index in [-0.39, 0.29) is 22.5 Å². The monoisotopic (exact) mass is 258 g/mol. The van der Waals surface area contributed by atoms with Gasteiger partial charge in [0.2, 0.25) is 0 Å². The zero-order chi connectivity index (χ0) is 13.0. The fourth-order valence-electron chi connectivity index (χ4n) is 1.42. The average molecular weight is 259 g/mol. The van der Waals surface area contributed by atoms with E-state index in [4.69, 9.17) is 17.3 Å². The van der Waals surface area contributed by atoms with Gasteiger partial charge < -0.3 is 11.1 Å². The van der Waals surface area contributed by atoms with E-state index in [9.17, 15) is 9.18 Å². The normalized spacial score (nSPS) is 12.6. The minimum atomic E-state index is -0.630. The van der Waals surface area contributed by atoms with Crippen LogP contribution < -0.4 is 11.1 Å². The van der Waals surface area contributed by atoms with Crippen LogP contribution in [0.1, 0.15) is 24.2 Å². The summed E-state index contributed by atoms with van der Waals surface area (Å²) >= 11 is 5.61. The van der Waals surface area contributed by atoms with Crippen LogP contribution in [0.2, 0.25) is 5.02 Å². The quantitative estimate of drug-likeness (QED) is 0.870. The maximum Gasteiger partial charge on any atom is 0.254 e. The Bertz CT molecular complexity index is 409. The van der Waals surface area contributed by atoms with Gasteiger partial charge in [-0.05, 0) is 24.1 Å². The van der Waals surface area contributed by atoms with Gasteiger partial charge in [0.15, 0.2) is 0 Å². The molecule has 5 heteroatoms. The third kappa shape index (κ3) is 3.68. The van der Waals surface area contributed by atoms with Crippen molar-refractivity contribution >= 4 is 17.5 Å². The number of carbonyl (C=O) groups is 1. The summed E-state index contributed by atoms with van der Waals surface area (Å²) in [4.78, 5) is 11.8. The van der Waals surface area contributed by atoms with E-state index in [2.05, 4.69) is 5.32 Å². The molecule has 3 nitrogen and oxygen atoms in total. The minimum absolute atomic E-state index is 0.0199. The van der Waals surface area contributed by atoms with E-state index >= 15 is 0 Å². The Balaban J connectivity index is 2.82. The van der Waals surface area contributed by atoms with E-state index in [1.54, 1.807) is 0 Å². The highest BCUT2D eigenvalue weighted by Crippen LogP contribution is 2.15. The predicted octanol–water partition coefficient (Wildman–Crippen LogP) is 2.19. The first kappa shape index (κ1) is 13.9. The Morgan fingerprint density at radius 1 is 1.53 bits per heavy atom. The van der Waals surface area contributed by atoms with Crippen LogP contribution in [0.5, 0.6) is 0 Å². The Kier molecular flexibility index (Phi) is 4.90. The van der Waals surface area contributed by atoms with Gasteiger partial charge in [-0.25, -0.2) is 4.39 Å². The van der Waals surface area contributed by atoms with E-state index in [1.807, 2.05) is 13.8 Å². The minimum Gasteiger partial charge on any atom is -0.348 e. The summed E-state index contributed by atoms with van der Waals surface area (Å²) < 4.78 is 13.5. The number of nitrogens with two attached hydrogens (primary N) is 1. The zero-order valence-electron chi connectivity index (χ0n) is 9.84. The van der Waals surface area contributed by atoms with Crippen molar-refractivity contribution in [1.82, 2.24) is 5.32 Å². The van der Waals surface area contributed by atoms with E-state index in [1.165, 1.54) is 12.1 Å². The second-order valence-electron chi connectivity index (χ2n) is 4.18. The molecule has 0 aliphatic carbocycles. The lowest BCUT2D eigenvalue weighted by atomic mass is 10.0. The molecular weight excluding hydrogens is 243 g/mol. The van der Waals surface area contributed by atoms with Crippen LogP contribution in [-0.4, -0.2) is 18.5 Å². The van der Waals surface area contributed by atoms with E-state index < -0.39 is 11.7 Å². The first-order chi connectivity index (χ1) is 7.95. The summed E-state index contributed by atoms with van der Waals surface area (Å²) in [5, 5.41) is 2.96. The Hall–Kier alpha value is -1.13. The van der Waals surface area contributed by atoms with Crippen LogP contribution >= 0.6 is 11.6 Å². The van der Waals surface area contributed by atoms with Gasteiger partial charge in [0.25, 0.3) is 5.91 Å². The molecule has 94 valence electrons. The number of halogens is 2. The maximum atomic E-state index is 13.5. The van der Waals surface area contributed by atoms with Gasteiger partial charge in [-0.15, -0.1) is 0 Å². The molecule has 0 aliphatic heterocycles. The molecule has 0 aromatic heterocycles. The summed E-state index contributed by atoms with van der Waals surface area (Å²) in [7, 11) is 0. The number of amides is 1. The van der Waals surface area contributed by atoms with Crippen molar-refractivity contribution in [1.29, 1.82) is 0 Å². The molecule has 1 atom stereocenters. The van der Waals surface area contributed by atoms with Crippen LogP contribution in [0.25, 0.3) is 0 Å². The van der Waals surface area contributed by atoms with Crippen molar-refractivity contribution in [3.05, 3.63) is 34.6 Å². The lowest BCUT2D eigenvalue weighted by molar-refractivity contribution is 0.0923. The largest absolute Gasteiger partial charge is 0.348 e. The molecule has 0 aliphatic rings. The maximum absolute atomic E-state index is 13.5. The highest BCUT2D eigenvalue weighted by Gasteiger charge is 2.18. The number of hydrogen-bond donors (Lipinski definition) is 2. The number of benzene rings is 1. The fraction of sp³-hybridized carbons (Fsp3) is 0.417. The fourth-order valence-corrected chi connectivity index (χ4v) is 1.58. The Labute approximate surface area is 105 Å². The van der Waals surface area contributed by atoms with Crippen molar-refractivity contribution < 1.29 is 9.18 Å². The van der Waals surface area contributed by atoms with Gasteiger partial charge >= 0.3 is 0 Å². The van der Waals surface area contributed by atoms with Crippen LogP contribution in [0.4, 0.5) is 4.39 Å². The molecular formula is C12H16ClFN2O. The Morgan fingerprint density at radius 3 is 2.65 bits per heavy atom. The molecule has 0 bridgehead atoms. The zero-order valence-corrected chi connectivity index (χ0v) is 10.6. The second-order valence-corrected chi connectivity index (χ2v) is 4.62. The summed E-state index contributed by atoms with van der Waals surface area (Å²) in [6, 6.07) is 3.79. The van der Waals surface area contributed by atoms with E-state index in [0.717, 1.165) is 6.07 Å². The van der Waals surface area contributed by atoms with Gasteiger partial charge in [0, 0.05) is 17.6 Å². The molecule has 17 heavy (non-hydrogen) atoms. The number of carbonyl (C=O) groups excluding carboxylic acids is 1. The van der Waals surface area contributed by atoms with Crippen molar-refractivity contribution in [2.24, 2.45) is 11.7 Å². The summed E-state index contributed by atoms with van der Waals surface area (Å²) in [5.41, 5.74) is 5.51. The van der Waals surface area contributed by atoms with Crippen LogP contribution in [0.3, 0.4) is 0 Å².